The first-order valence-electron chi connectivity index (χ1n) is 9.75. The van der Waals surface area contributed by atoms with Gasteiger partial charge in [0.15, 0.2) is 0 Å². The summed E-state index contributed by atoms with van der Waals surface area (Å²) in [5.74, 6) is 5.54. The van der Waals surface area contributed by atoms with Crippen molar-refractivity contribution in [1.29, 1.82) is 0 Å². The van der Waals surface area contributed by atoms with E-state index in [1.165, 1.54) is 25.7 Å². The molecule has 6 aliphatic carbocycles. The van der Waals surface area contributed by atoms with Crippen molar-refractivity contribution in [3.63, 3.8) is 0 Å². The van der Waals surface area contributed by atoms with Gasteiger partial charge in [0.05, 0.1) is 22.8 Å². The van der Waals surface area contributed by atoms with Gasteiger partial charge in [-0.05, 0) is 73.0 Å². The summed E-state index contributed by atoms with van der Waals surface area (Å²) in [7, 11) is 0. The molecule has 6 aliphatic rings. The molecule has 0 aromatic rings. The van der Waals surface area contributed by atoms with Gasteiger partial charge in [-0.2, -0.15) is 10.2 Å². The summed E-state index contributed by atoms with van der Waals surface area (Å²) in [6.45, 7) is 0. The molecule has 4 heteroatoms. The molecule has 0 radical (unpaired) electrons. The van der Waals surface area contributed by atoms with E-state index in [-0.39, 0.29) is 22.8 Å². The fourth-order valence-electron chi connectivity index (χ4n) is 7.42. The van der Waals surface area contributed by atoms with Crippen LogP contribution >= 0.6 is 23.2 Å². The van der Waals surface area contributed by atoms with Crippen molar-refractivity contribution in [2.24, 2.45) is 57.6 Å². The molecule has 0 amide bonds. The molecular formula is C20H24Cl2N2. The summed E-state index contributed by atoms with van der Waals surface area (Å²) in [6.07, 6.45) is 14.5. The molecule has 128 valence electrons. The first-order chi connectivity index (χ1) is 11.7. The number of fused-ring (bicyclic) bond motifs is 10. The zero-order valence-electron chi connectivity index (χ0n) is 13.7. The van der Waals surface area contributed by atoms with Crippen LogP contribution in [0.25, 0.3) is 0 Å². The number of hydrogen-bond donors (Lipinski definition) is 0. The van der Waals surface area contributed by atoms with E-state index >= 15 is 0 Å². The van der Waals surface area contributed by atoms with Crippen molar-refractivity contribution in [2.75, 3.05) is 0 Å². The lowest BCUT2D eigenvalue weighted by Crippen LogP contribution is -2.38. The average Bonchev–Trinajstić information content (AvgIpc) is 3.34. The van der Waals surface area contributed by atoms with Crippen LogP contribution in [-0.4, -0.2) is 22.8 Å². The van der Waals surface area contributed by atoms with Crippen LogP contribution in [0.5, 0.6) is 0 Å². The number of alkyl halides is 2. The highest BCUT2D eigenvalue weighted by atomic mass is 35.5. The van der Waals surface area contributed by atoms with E-state index in [4.69, 9.17) is 33.4 Å². The quantitative estimate of drug-likeness (QED) is 0.372. The second-order valence-corrected chi connectivity index (χ2v) is 10.0. The molecule has 4 bridgehead atoms. The maximum atomic E-state index is 6.81. The number of halogens is 2. The zero-order valence-corrected chi connectivity index (χ0v) is 15.2. The summed E-state index contributed by atoms with van der Waals surface area (Å²) in [4.78, 5) is 0. The maximum Gasteiger partial charge on any atom is 0.0908 e. The summed E-state index contributed by atoms with van der Waals surface area (Å²) < 4.78 is 0. The maximum absolute atomic E-state index is 6.81. The number of allylic oxidation sites excluding steroid dienone is 4. The van der Waals surface area contributed by atoms with Crippen LogP contribution in [0.1, 0.15) is 25.7 Å². The van der Waals surface area contributed by atoms with E-state index in [2.05, 4.69) is 24.3 Å². The van der Waals surface area contributed by atoms with E-state index in [9.17, 15) is 0 Å². The monoisotopic (exact) mass is 362 g/mol. The highest BCUT2D eigenvalue weighted by Gasteiger charge is 2.59. The van der Waals surface area contributed by atoms with E-state index in [0.717, 1.165) is 11.8 Å². The number of hydrogen-bond acceptors (Lipinski definition) is 2. The fraction of sp³-hybridized carbons (Fsp3) is 0.800. The molecular weight excluding hydrogens is 339 g/mol. The SMILES string of the molecule is ClC1C2CC(C3C=CCC32)C1N=NC1C(Cl)C2CC1C1C=CCC12. The molecule has 0 N–H and O–H groups in total. The van der Waals surface area contributed by atoms with E-state index < -0.39 is 0 Å². The summed E-state index contributed by atoms with van der Waals surface area (Å²) in [5.41, 5.74) is 0. The van der Waals surface area contributed by atoms with Crippen molar-refractivity contribution in [3.8, 4) is 0 Å². The Morgan fingerprint density at radius 2 is 1.08 bits per heavy atom. The summed E-state index contributed by atoms with van der Waals surface area (Å²) in [6, 6.07) is 0.442. The van der Waals surface area contributed by atoms with E-state index in [1.54, 1.807) is 0 Å². The minimum absolute atomic E-state index is 0.186. The van der Waals surface area contributed by atoms with Gasteiger partial charge in [0.1, 0.15) is 0 Å². The largest absolute Gasteiger partial charge is 0.189 e. The highest BCUT2D eigenvalue weighted by molar-refractivity contribution is 6.22. The van der Waals surface area contributed by atoms with Crippen molar-refractivity contribution in [1.82, 2.24) is 0 Å². The minimum Gasteiger partial charge on any atom is -0.189 e. The van der Waals surface area contributed by atoms with Crippen molar-refractivity contribution in [2.45, 2.75) is 48.5 Å². The molecule has 0 aliphatic heterocycles. The van der Waals surface area contributed by atoms with Crippen LogP contribution in [0.4, 0.5) is 0 Å². The third kappa shape index (κ3) is 1.75. The molecule has 24 heavy (non-hydrogen) atoms. The molecule has 0 heterocycles. The van der Waals surface area contributed by atoms with Gasteiger partial charge in [-0.15, -0.1) is 23.2 Å². The van der Waals surface area contributed by atoms with Gasteiger partial charge in [-0.25, -0.2) is 0 Å². The lowest BCUT2D eigenvalue weighted by Gasteiger charge is -2.34. The summed E-state index contributed by atoms with van der Waals surface area (Å²) in [5, 5.41) is 10.1. The predicted molar refractivity (Wildman–Crippen MR) is 96.4 cm³/mol. The molecule has 0 spiro atoms. The first kappa shape index (κ1) is 14.8. The third-order valence-corrected chi connectivity index (χ3v) is 9.54. The highest BCUT2D eigenvalue weighted by Crippen LogP contribution is 2.61. The van der Waals surface area contributed by atoms with Gasteiger partial charge in [0, 0.05) is 0 Å². The van der Waals surface area contributed by atoms with Crippen molar-refractivity contribution in [3.05, 3.63) is 24.3 Å². The first-order valence-corrected chi connectivity index (χ1v) is 10.6. The van der Waals surface area contributed by atoms with Gasteiger partial charge in [0.2, 0.25) is 0 Å². The van der Waals surface area contributed by atoms with Gasteiger partial charge in [-0.1, -0.05) is 24.3 Å². The normalized spacial score (nSPS) is 62.2. The Kier molecular flexibility index (Phi) is 3.14. The third-order valence-electron chi connectivity index (χ3n) is 8.38. The number of nitrogens with zero attached hydrogens (tertiary/aromatic N) is 2. The molecule has 0 saturated heterocycles. The Balaban J connectivity index is 1.23. The lowest BCUT2D eigenvalue weighted by molar-refractivity contribution is 0.240. The summed E-state index contributed by atoms with van der Waals surface area (Å²) >= 11 is 13.6. The van der Waals surface area contributed by atoms with E-state index in [1.807, 2.05) is 0 Å². The Morgan fingerprint density at radius 3 is 1.54 bits per heavy atom. The van der Waals surface area contributed by atoms with Crippen LogP contribution in [0.3, 0.4) is 0 Å². The molecule has 4 fully saturated rings. The van der Waals surface area contributed by atoms with Crippen LogP contribution in [-0.2, 0) is 0 Å². The van der Waals surface area contributed by atoms with Crippen LogP contribution < -0.4 is 0 Å². The Morgan fingerprint density at radius 1 is 0.625 bits per heavy atom. The van der Waals surface area contributed by atoms with E-state index in [0.29, 0.717) is 35.5 Å². The molecule has 12 unspecified atom stereocenters. The minimum atomic E-state index is 0.186. The number of azo groups is 1. The molecule has 12 atom stereocenters. The average molecular weight is 363 g/mol. The van der Waals surface area contributed by atoms with Crippen LogP contribution in [0.15, 0.2) is 34.5 Å². The fourth-order valence-corrected chi connectivity index (χ4v) is 8.47. The Hall–Kier alpha value is -0.340. The molecule has 2 nitrogen and oxygen atoms in total. The van der Waals surface area contributed by atoms with Gasteiger partial charge < -0.3 is 0 Å². The van der Waals surface area contributed by atoms with Gasteiger partial charge in [-0.3, -0.25) is 0 Å². The van der Waals surface area contributed by atoms with Crippen LogP contribution in [0.2, 0.25) is 0 Å². The second-order valence-electron chi connectivity index (χ2n) is 9.04. The topological polar surface area (TPSA) is 24.7 Å². The number of rotatable bonds is 2. The Bertz CT molecular complexity index is 590. The molecule has 4 saturated carbocycles. The lowest BCUT2D eigenvalue weighted by atomic mass is 9.78. The second kappa shape index (κ2) is 5.10. The smallest absolute Gasteiger partial charge is 0.0908 e. The zero-order chi connectivity index (χ0) is 16.0. The molecule has 6 rings (SSSR count). The van der Waals surface area contributed by atoms with Crippen molar-refractivity contribution < 1.29 is 0 Å². The van der Waals surface area contributed by atoms with Crippen LogP contribution in [0, 0.1) is 47.3 Å². The van der Waals surface area contributed by atoms with Gasteiger partial charge >= 0.3 is 0 Å². The van der Waals surface area contributed by atoms with Crippen molar-refractivity contribution >= 4 is 23.2 Å². The standard InChI is InChI=1S/C20H24Cl2N2/c21-17-13-7-15(11-5-1-3-9(11)13)19(17)23-24-20-16-8-14(18(20)22)10-4-2-6-12(10)16/h1-2,5-6,9-20H,3-4,7-8H2. The predicted octanol–water partition coefficient (Wildman–Crippen LogP) is 5.07. The molecule has 0 aromatic heterocycles. The molecule has 0 aromatic carbocycles. The Labute approximate surface area is 153 Å². The van der Waals surface area contributed by atoms with Gasteiger partial charge in [0.25, 0.3) is 0 Å².